The molecular formula is C15H20N2O5S. The highest BCUT2D eigenvalue weighted by atomic mass is 32.2. The number of benzene rings is 1. The van der Waals surface area contributed by atoms with Crippen molar-refractivity contribution in [2.24, 2.45) is 0 Å². The second-order valence-corrected chi connectivity index (χ2v) is 8.09. The molecule has 1 unspecified atom stereocenters. The Bertz CT molecular complexity index is 704. The van der Waals surface area contributed by atoms with E-state index in [1.54, 1.807) is 4.90 Å². The minimum Gasteiger partial charge on any atom is -0.454 e. The van der Waals surface area contributed by atoms with Crippen LogP contribution in [0.3, 0.4) is 0 Å². The predicted molar refractivity (Wildman–Crippen MR) is 84.4 cm³/mol. The Kier molecular flexibility index (Phi) is 4.34. The van der Waals surface area contributed by atoms with Crippen LogP contribution in [-0.2, 0) is 9.84 Å². The Morgan fingerprint density at radius 1 is 1.35 bits per heavy atom. The molecule has 1 N–H and O–H groups in total. The molecule has 1 aromatic carbocycles. The number of ether oxygens (including phenoxy) is 2. The second-order valence-electron chi connectivity index (χ2n) is 5.83. The molecule has 0 aromatic heterocycles. The maximum absolute atomic E-state index is 12.3. The van der Waals surface area contributed by atoms with E-state index in [0.29, 0.717) is 12.3 Å². The van der Waals surface area contributed by atoms with Crippen molar-refractivity contribution in [2.45, 2.75) is 18.9 Å². The van der Waals surface area contributed by atoms with Gasteiger partial charge in [0.15, 0.2) is 11.5 Å². The normalized spacial score (nSPS) is 19.9. The van der Waals surface area contributed by atoms with E-state index in [1.807, 2.05) is 18.2 Å². The van der Waals surface area contributed by atoms with Gasteiger partial charge in [0.1, 0.15) is 9.84 Å². The van der Waals surface area contributed by atoms with Crippen molar-refractivity contribution in [1.82, 2.24) is 10.2 Å². The van der Waals surface area contributed by atoms with E-state index in [2.05, 4.69) is 5.32 Å². The van der Waals surface area contributed by atoms with Gasteiger partial charge >= 0.3 is 6.03 Å². The van der Waals surface area contributed by atoms with Crippen LogP contribution >= 0.6 is 0 Å². The van der Waals surface area contributed by atoms with Crippen molar-refractivity contribution in [3.8, 4) is 11.5 Å². The van der Waals surface area contributed by atoms with E-state index in [1.165, 1.54) is 0 Å². The summed E-state index contributed by atoms with van der Waals surface area (Å²) in [7, 11) is -3.08. The number of rotatable bonds is 4. The van der Waals surface area contributed by atoms with Gasteiger partial charge in [0, 0.05) is 19.3 Å². The number of nitrogens with one attached hydrogen (secondary N) is 1. The van der Waals surface area contributed by atoms with E-state index in [4.69, 9.17) is 9.47 Å². The van der Waals surface area contributed by atoms with Crippen molar-refractivity contribution in [3.63, 3.8) is 0 Å². The average molecular weight is 340 g/mol. The first-order chi connectivity index (χ1) is 10.9. The molecule has 0 bridgehead atoms. The quantitative estimate of drug-likeness (QED) is 0.893. The van der Waals surface area contributed by atoms with Gasteiger partial charge < -0.3 is 19.7 Å². The molecule has 2 amide bonds. The predicted octanol–water partition coefficient (Wildman–Crippen LogP) is 1.31. The van der Waals surface area contributed by atoms with Gasteiger partial charge in [-0.25, -0.2) is 13.2 Å². The van der Waals surface area contributed by atoms with E-state index in [0.717, 1.165) is 30.4 Å². The van der Waals surface area contributed by atoms with Gasteiger partial charge in [-0.3, -0.25) is 0 Å². The molecule has 0 radical (unpaired) electrons. The van der Waals surface area contributed by atoms with Crippen LogP contribution in [0.25, 0.3) is 0 Å². The highest BCUT2D eigenvalue weighted by Gasteiger charge is 2.31. The Labute approximate surface area is 135 Å². The lowest BCUT2D eigenvalue weighted by molar-refractivity contribution is 0.173. The first-order valence-corrected chi connectivity index (χ1v) is 9.62. The Hall–Kier alpha value is -1.96. The molecule has 8 heteroatoms. The molecule has 3 rings (SSSR count). The van der Waals surface area contributed by atoms with Gasteiger partial charge in [-0.05, 0) is 30.5 Å². The van der Waals surface area contributed by atoms with Crippen LogP contribution < -0.4 is 14.8 Å². The zero-order chi connectivity index (χ0) is 16.4. The maximum atomic E-state index is 12.3. The van der Waals surface area contributed by atoms with Gasteiger partial charge in [0.2, 0.25) is 6.79 Å². The van der Waals surface area contributed by atoms with Crippen molar-refractivity contribution >= 4 is 15.9 Å². The monoisotopic (exact) mass is 340 g/mol. The van der Waals surface area contributed by atoms with E-state index in [-0.39, 0.29) is 31.2 Å². The highest BCUT2D eigenvalue weighted by Crippen LogP contribution is 2.38. The van der Waals surface area contributed by atoms with Crippen molar-refractivity contribution in [2.75, 3.05) is 31.9 Å². The number of carbonyl (C=O) groups is 1. The maximum Gasteiger partial charge on any atom is 0.317 e. The number of fused-ring (bicyclic) bond motifs is 1. The van der Waals surface area contributed by atoms with Crippen molar-refractivity contribution in [3.05, 3.63) is 23.8 Å². The Morgan fingerprint density at radius 3 is 2.91 bits per heavy atom. The van der Waals surface area contributed by atoms with Crippen LogP contribution in [0.1, 0.15) is 24.4 Å². The van der Waals surface area contributed by atoms with Gasteiger partial charge in [-0.15, -0.1) is 0 Å². The molecule has 2 aliphatic heterocycles. The van der Waals surface area contributed by atoms with Crippen LogP contribution in [0, 0.1) is 0 Å². The number of nitrogens with zero attached hydrogens (tertiary/aromatic N) is 1. The third-order valence-corrected chi connectivity index (χ3v) is 4.99. The van der Waals surface area contributed by atoms with Crippen LogP contribution in [0.15, 0.2) is 18.2 Å². The third-order valence-electron chi connectivity index (χ3n) is 4.04. The molecule has 1 saturated heterocycles. The average Bonchev–Trinajstić information content (AvgIpc) is 3.13. The molecule has 1 fully saturated rings. The number of urea groups is 1. The first-order valence-electron chi connectivity index (χ1n) is 7.56. The molecule has 23 heavy (non-hydrogen) atoms. The summed E-state index contributed by atoms with van der Waals surface area (Å²) in [4.78, 5) is 14.1. The van der Waals surface area contributed by atoms with E-state index >= 15 is 0 Å². The van der Waals surface area contributed by atoms with Gasteiger partial charge in [-0.1, -0.05) is 6.07 Å². The lowest BCUT2D eigenvalue weighted by atomic mass is 10.0. The molecule has 1 aromatic rings. The van der Waals surface area contributed by atoms with Crippen molar-refractivity contribution < 1.29 is 22.7 Å². The fourth-order valence-corrected chi connectivity index (χ4v) is 3.39. The topological polar surface area (TPSA) is 84.9 Å². The summed E-state index contributed by atoms with van der Waals surface area (Å²) in [6, 6.07) is 5.46. The summed E-state index contributed by atoms with van der Waals surface area (Å²) in [6.07, 6.45) is 2.95. The first kappa shape index (κ1) is 15.9. The second kappa shape index (κ2) is 6.27. The number of amides is 2. The van der Waals surface area contributed by atoms with Gasteiger partial charge in [-0.2, -0.15) is 0 Å². The lowest BCUT2D eigenvalue weighted by Gasteiger charge is -2.25. The molecule has 2 aliphatic rings. The zero-order valence-electron chi connectivity index (χ0n) is 12.9. The molecule has 126 valence electrons. The smallest absolute Gasteiger partial charge is 0.317 e. The summed E-state index contributed by atoms with van der Waals surface area (Å²) in [6.45, 7) is 1.00. The number of carbonyl (C=O) groups excluding carboxylic acids is 1. The minimum absolute atomic E-state index is 0.0252. The van der Waals surface area contributed by atoms with Gasteiger partial charge in [0.05, 0.1) is 11.8 Å². The molecule has 0 spiro atoms. The summed E-state index contributed by atoms with van der Waals surface area (Å²) >= 11 is 0. The molecule has 0 aliphatic carbocycles. The van der Waals surface area contributed by atoms with Crippen LogP contribution in [0.5, 0.6) is 11.5 Å². The van der Waals surface area contributed by atoms with Crippen LogP contribution in [0.4, 0.5) is 4.79 Å². The number of hydrogen-bond acceptors (Lipinski definition) is 5. The van der Waals surface area contributed by atoms with Crippen LogP contribution in [-0.4, -0.2) is 51.2 Å². The summed E-state index contributed by atoms with van der Waals surface area (Å²) in [5.41, 5.74) is 1.00. The number of sulfone groups is 1. The molecule has 2 heterocycles. The summed E-state index contributed by atoms with van der Waals surface area (Å²) in [5.74, 6) is 1.36. The fraction of sp³-hybridized carbons (Fsp3) is 0.533. The molecule has 1 atom stereocenters. The Morgan fingerprint density at radius 2 is 2.13 bits per heavy atom. The molecular weight excluding hydrogens is 320 g/mol. The fourth-order valence-electron chi connectivity index (χ4n) is 2.92. The molecule has 0 saturated carbocycles. The van der Waals surface area contributed by atoms with E-state index < -0.39 is 9.84 Å². The number of hydrogen-bond donors (Lipinski definition) is 1. The standard InChI is InChI=1S/C15H20N2O5S/c1-23(19,20)8-6-16-15(18)17-7-2-3-12(17)11-4-5-13-14(9-11)22-10-21-13/h4-5,9,12H,2-3,6-8,10H2,1H3,(H,16,18). The lowest BCUT2D eigenvalue weighted by Crippen LogP contribution is -2.41. The minimum atomic E-state index is -3.08. The number of likely N-dealkylation sites (tertiary alicyclic amines) is 1. The van der Waals surface area contributed by atoms with Gasteiger partial charge in [0.25, 0.3) is 0 Å². The summed E-state index contributed by atoms with van der Waals surface area (Å²) in [5, 5.41) is 2.69. The Balaban J connectivity index is 1.66. The largest absolute Gasteiger partial charge is 0.454 e. The summed E-state index contributed by atoms with van der Waals surface area (Å²) < 4.78 is 33.0. The van der Waals surface area contributed by atoms with Crippen LogP contribution in [0.2, 0.25) is 0 Å². The zero-order valence-corrected chi connectivity index (χ0v) is 13.8. The van der Waals surface area contributed by atoms with E-state index in [9.17, 15) is 13.2 Å². The SMILES string of the molecule is CS(=O)(=O)CCNC(=O)N1CCCC1c1ccc2c(c1)OCO2. The molecule has 7 nitrogen and oxygen atoms in total. The third kappa shape index (κ3) is 3.69. The van der Waals surface area contributed by atoms with Crippen molar-refractivity contribution in [1.29, 1.82) is 0 Å². The highest BCUT2D eigenvalue weighted by molar-refractivity contribution is 7.90.